The Morgan fingerprint density at radius 1 is 1.29 bits per heavy atom. The third-order valence-corrected chi connectivity index (χ3v) is 2.89. The molecule has 1 aromatic carbocycles. The molecule has 0 atom stereocenters. The Balaban J connectivity index is 2.08. The highest BCUT2D eigenvalue weighted by molar-refractivity contribution is 5.98. The molecule has 0 bridgehead atoms. The third-order valence-electron chi connectivity index (χ3n) is 2.89. The number of non-ortho nitro benzene ring substituents is 1. The summed E-state index contributed by atoms with van der Waals surface area (Å²) in [6.45, 7) is 1.72. The molecule has 108 valence electrons. The van der Waals surface area contributed by atoms with Crippen LogP contribution < -0.4 is 0 Å². The molecule has 0 saturated carbocycles. The van der Waals surface area contributed by atoms with Gasteiger partial charge < -0.3 is 9.40 Å². The SMILES string of the molecule is CC(=NOC(=O)c1ccc([N+](=O)[O-])cc1)c1cccn1C. The Bertz CT molecular complexity index is 701. The van der Waals surface area contributed by atoms with E-state index in [9.17, 15) is 14.9 Å². The highest BCUT2D eigenvalue weighted by Gasteiger charge is 2.11. The van der Waals surface area contributed by atoms with Crippen LogP contribution in [-0.4, -0.2) is 21.2 Å². The summed E-state index contributed by atoms with van der Waals surface area (Å²) in [6, 6.07) is 8.83. The number of nitro benzene ring substituents is 1. The van der Waals surface area contributed by atoms with E-state index in [1.165, 1.54) is 24.3 Å². The van der Waals surface area contributed by atoms with E-state index >= 15 is 0 Å². The molecule has 2 rings (SSSR count). The Morgan fingerprint density at radius 2 is 1.95 bits per heavy atom. The van der Waals surface area contributed by atoms with Crippen LogP contribution in [0.1, 0.15) is 23.0 Å². The minimum atomic E-state index is -0.668. The van der Waals surface area contributed by atoms with Crippen LogP contribution in [0.4, 0.5) is 5.69 Å². The minimum absolute atomic E-state index is 0.0879. The molecule has 0 aliphatic heterocycles. The average Bonchev–Trinajstić information content (AvgIpc) is 2.90. The molecule has 0 saturated heterocycles. The number of aromatic nitrogens is 1. The van der Waals surface area contributed by atoms with Crippen molar-refractivity contribution < 1.29 is 14.6 Å². The molecule has 0 N–H and O–H groups in total. The first kappa shape index (κ1) is 14.4. The van der Waals surface area contributed by atoms with Crippen molar-refractivity contribution in [2.24, 2.45) is 12.2 Å². The second-order valence-electron chi connectivity index (χ2n) is 4.36. The number of rotatable bonds is 4. The van der Waals surface area contributed by atoms with Crippen molar-refractivity contribution >= 4 is 17.4 Å². The van der Waals surface area contributed by atoms with Gasteiger partial charge in [0.05, 0.1) is 16.2 Å². The molecule has 0 unspecified atom stereocenters. The topological polar surface area (TPSA) is 86.7 Å². The van der Waals surface area contributed by atoms with E-state index in [4.69, 9.17) is 4.84 Å². The third kappa shape index (κ3) is 3.33. The number of hydrogen-bond acceptors (Lipinski definition) is 5. The van der Waals surface area contributed by atoms with E-state index in [-0.39, 0.29) is 11.3 Å². The van der Waals surface area contributed by atoms with Gasteiger partial charge in [-0.3, -0.25) is 10.1 Å². The lowest BCUT2D eigenvalue weighted by atomic mass is 10.2. The molecule has 1 aromatic heterocycles. The van der Waals surface area contributed by atoms with Gasteiger partial charge in [-0.1, -0.05) is 5.16 Å². The highest BCUT2D eigenvalue weighted by Crippen LogP contribution is 2.13. The monoisotopic (exact) mass is 287 g/mol. The van der Waals surface area contributed by atoms with Gasteiger partial charge >= 0.3 is 5.97 Å². The molecule has 21 heavy (non-hydrogen) atoms. The van der Waals surface area contributed by atoms with Gasteiger partial charge in [0.15, 0.2) is 0 Å². The second kappa shape index (κ2) is 6.00. The molecule has 7 heteroatoms. The van der Waals surface area contributed by atoms with Crippen LogP contribution >= 0.6 is 0 Å². The van der Waals surface area contributed by atoms with Crippen LogP contribution in [-0.2, 0) is 11.9 Å². The van der Waals surface area contributed by atoms with E-state index in [0.29, 0.717) is 5.71 Å². The number of benzene rings is 1. The summed E-state index contributed by atoms with van der Waals surface area (Å²) in [7, 11) is 1.85. The summed E-state index contributed by atoms with van der Waals surface area (Å²) in [6.07, 6.45) is 1.85. The predicted molar refractivity (Wildman–Crippen MR) is 76.1 cm³/mol. The highest BCUT2D eigenvalue weighted by atomic mass is 16.7. The maximum Gasteiger partial charge on any atom is 0.365 e. The Hall–Kier alpha value is -2.96. The van der Waals surface area contributed by atoms with Gasteiger partial charge in [-0.15, -0.1) is 0 Å². The standard InChI is InChI=1S/C14H13N3O4/c1-10(13-4-3-9-16(13)2)15-21-14(18)11-5-7-12(8-6-11)17(19)20/h3-9H,1-2H3. The molecule has 2 aromatic rings. The summed E-state index contributed by atoms with van der Waals surface area (Å²) in [4.78, 5) is 26.6. The van der Waals surface area contributed by atoms with Crippen LogP contribution in [0.2, 0.25) is 0 Å². The van der Waals surface area contributed by atoms with E-state index in [1.54, 1.807) is 6.92 Å². The second-order valence-corrected chi connectivity index (χ2v) is 4.36. The zero-order valence-electron chi connectivity index (χ0n) is 11.5. The average molecular weight is 287 g/mol. The van der Waals surface area contributed by atoms with Gasteiger partial charge in [0.25, 0.3) is 5.69 Å². The quantitative estimate of drug-likeness (QED) is 0.374. The molecular formula is C14H13N3O4. The summed E-state index contributed by atoms with van der Waals surface area (Å²) in [5, 5.41) is 14.3. The fourth-order valence-corrected chi connectivity index (χ4v) is 1.77. The lowest BCUT2D eigenvalue weighted by Crippen LogP contribution is -2.06. The van der Waals surface area contributed by atoms with Crippen molar-refractivity contribution in [1.29, 1.82) is 0 Å². The molecule has 0 radical (unpaired) electrons. The van der Waals surface area contributed by atoms with E-state index in [0.717, 1.165) is 5.69 Å². The Morgan fingerprint density at radius 3 is 2.48 bits per heavy atom. The van der Waals surface area contributed by atoms with Crippen LogP contribution in [0, 0.1) is 10.1 Å². The van der Waals surface area contributed by atoms with Gasteiger partial charge in [0, 0.05) is 25.4 Å². The number of nitrogens with zero attached hydrogens (tertiary/aromatic N) is 3. The number of hydrogen-bond donors (Lipinski definition) is 0. The van der Waals surface area contributed by atoms with Crippen molar-refractivity contribution in [2.45, 2.75) is 6.92 Å². The number of carbonyl (C=O) groups excluding carboxylic acids is 1. The first-order valence-corrected chi connectivity index (χ1v) is 6.11. The molecule has 0 spiro atoms. The number of aryl methyl sites for hydroxylation is 1. The lowest BCUT2D eigenvalue weighted by molar-refractivity contribution is -0.384. The van der Waals surface area contributed by atoms with Crippen LogP contribution in [0.25, 0.3) is 0 Å². The van der Waals surface area contributed by atoms with Crippen molar-refractivity contribution in [3.05, 3.63) is 64.0 Å². The molecule has 1 heterocycles. The summed E-state index contributed by atoms with van der Waals surface area (Å²) in [5.74, 6) is -0.668. The minimum Gasteiger partial charge on any atom is -0.349 e. The van der Waals surface area contributed by atoms with Crippen LogP contribution in [0.15, 0.2) is 47.8 Å². The zero-order chi connectivity index (χ0) is 15.4. The van der Waals surface area contributed by atoms with Crippen molar-refractivity contribution in [2.75, 3.05) is 0 Å². The Labute approximate surface area is 120 Å². The van der Waals surface area contributed by atoms with Gasteiger partial charge in [0.2, 0.25) is 0 Å². The van der Waals surface area contributed by atoms with Gasteiger partial charge in [-0.05, 0) is 31.2 Å². The number of nitro groups is 1. The summed E-state index contributed by atoms with van der Waals surface area (Å²) < 4.78 is 1.85. The van der Waals surface area contributed by atoms with Crippen LogP contribution in [0.3, 0.4) is 0 Å². The first-order chi connectivity index (χ1) is 9.99. The largest absolute Gasteiger partial charge is 0.365 e. The maximum absolute atomic E-state index is 11.8. The zero-order valence-corrected chi connectivity index (χ0v) is 11.5. The first-order valence-electron chi connectivity index (χ1n) is 6.11. The summed E-state index contributed by atoms with van der Waals surface area (Å²) in [5.41, 5.74) is 1.49. The molecule has 7 nitrogen and oxygen atoms in total. The maximum atomic E-state index is 11.8. The normalized spacial score (nSPS) is 11.2. The van der Waals surface area contributed by atoms with Gasteiger partial charge in [-0.2, -0.15) is 0 Å². The molecular weight excluding hydrogens is 274 g/mol. The van der Waals surface area contributed by atoms with Gasteiger partial charge in [0.1, 0.15) is 5.71 Å². The molecule has 0 aliphatic rings. The summed E-state index contributed by atoms with van der Waals surface area (Å²) >= 11 is 0. The predicted octanol–water partition coefficient (Wildman–Crippen LogP) is 2.51. The van der Waals surface area contributed by atoms with E-state index in [2.05, 4.69) is 5.16 Å². The van der Waals surface area contributed by atoms with Crippen molar-refractivity contribution in [3.8, 4) is 0 Å². The fraction of sp³-hybridized carbons (Fsp3) is 0.143. The smallest absolute Gasteiger partial charge is 0.349 e. The molecule has 0 amide bonds. The number of carbonyl (C=O) groups is 1. The van der Waals surface area contributed by atoms with Crippen molar-refractivity contribution in [1.82, 2.24) is 4.57 Å². The van der Waals surface area contributed by atoms with Gasteiger partial charge in [-0.25, -0.2) is 4.79 Å². The van der Waals surface area contributed by atoms with Crippen molar-refractivity contribution in [3.63, 3.8) is 0 Å². The number of oxime groups is 1. The van der Waals surface area contributed by atoms with E-state index in [1.807, 2.05) is 29.9 Å². The Kier molecular flexibility index (Phi) is 4.13. The lowest BCUT2D eigenvalue weighted by Gasteiger charge is -2.02. The fourth-order valence-electron chi connectivity index (χ4n) is 1.77. The molecule has 0 fully saturated rings. The van der Waals surface area contributed by atoms with E-state index < -0.39 is 10.9 Å². The van der Waals surface area contributed by atoms with Crippen LogP contribution in [0.5, 0.6) is 0 Å². The molecule has 0 aliphatic carbocycles.